The normalized spacial score (nSPS) is 19.5. The summed E-state index contributed by atoms with van der Waals surface area (Å²) >= 11 is 10.2. The van der Waals surface area contributed by atoms with E-state index in [1.54, 1.807) is 11.3 Å². The summed E-state index contributed by atoms with van der Waals surface area (Å²) in [6.07, 6.45) is 2.09. The van der Waals surface area contributed by atoms with E-state index in [0.717, 1.165) is 5.70 Å². The quantitative estimate of drug-likeness (QED) is 0.228. The van der Waals surface area contributed by atoms with Crippen LogP contribution in [-0.2, 0) is 0 Å². The predicted molar refractivity (Wildman–Crippen MR) is 70.2 cm³/mol. The van der Waals surface area contributed by atoms with Crippen molar-refractivity contribution in [3.63, 3.8) is 0 Å². The van der Waals surface area contributed by atoms with Crippen LogP contribution in [0.1, 0.15) is 22.9 Å². The SMILES string of the molecule is CC#CC1=Cc2sccc2C(Cl)N1I. The Bertz CT molecular complexity index is 440. The molecule has 0 saturated carbocycles. The van der Waals surface area contributed by atoms with Gasteiger partial charge < -0.3 is 0 Å². The number of thiophene rings is 1. The van der Waals surface area contributed by atoms with Gasteiger partial charge in [-0.05, 0) is 30.4 Å². The van der Waals surface area contributed by atoms with E-state index < -0.39 is 0 Å². The zero-order valence-electron chi connectivity index (χ0n) is 7.42. The van der Waals surface area contributed by atoms with E-state index in [0.29, 0.717) is 0 Å². The van der Waals surface area contributed by atoms with Gasteiger partial charge in [0.15, 0.2) is 0 Å². The highest BCUT2D eigenvalue weighted by atomic mass is 127. The molecule has 0 amide bonds. The van der Waals surface area contributed by atoms with E-state index in [1.165, 1.54) is 10.4 Å². The average molecular weight is 336 g/mol. The first kappa shape index (κ1) is 10.3. The maximum atomic E-state index is 6.29. The molecule has 1 aromatic heterocycles. The van der Waals surface area contributed by atoms with Gasteiger partial charge in [-0.3, -0.25) is 3.11 Å². The number of halogens is 2. The van der Waals surface area contributed by atoms with Gasteiger partial charge in [0.25, 0.3) is 0 Å². The Kier molecular flexibility index (Phi) is 3.05. The molecule has 0 spiro atoms. The van der Waals surface area contributed by atoms with Crippen LogP contribution >= 0.6 is 45.8 Å². The molecule has 0 aromatic carbocycles. The van der Waals surface area contributed by atoms with Crippen molar-refractivity contribution in [1.82, 2.24) is 3.11 Å². The summed E-state index contributed by atoms with van der Waals surface area (Å²) in [5.74, 6) is 5.94. The number of allylic oxidation sites excluding steroid dienone is 1. The number of rotatable bonds is 0. The molecule has 72 valence electrons. The fourth-order valence-corrected chi connectivity index (χ4v) is 3.07. The van der Waals surface area contributed by atoms with E-state index in [2.05, 4.69) is 52.2 Å². The zero-order chi connectivity index (χ0) is 10.1. The van der Waals surface area contributed by atoms with Crippen LogP contribution in [0.25, 0.3) is 6.08 Å². The van der Waals surface area contributed by atoms with Crippen LogP contribution in [0.3, 0.4) is 0 Å². The minimum Gasteiger partial charge on any atom is -0.285 e. The van der Waals surface area contributed by atoms with Crippen LogP contribution < -0.4 is 0 Å². The lowest BCUT2D eigenvalue weighted by Crippen LogP contribution is -2.16. The van der Waals surface area contributed by atoms with Crippen LogP contribution in [0, 0.1) is 11.8 Å². The van der Waals surface area contributed by atoms with Crippen molar-refractivity contribution in [2.45, 2.75) is 12.4 Å². The Morgan fingerprint density at radius 1 is 1.64 bits per heavy atom. The molecule has 1 unspecified atom stereocenters. The average Bonchev–Trinajstić information content (AvgIpc) is 2.62. The monoisotopic (exact) mass is 335 g/mol. The fourth-order valence-electron chi connectivity index (χ4n) is 1.29. The third-order valence-corrected chi connectivity index (χ3v) is 4.65. The molecule has 1 aliphatic rings. The maximum Gasteiger partial charge on any atom is 0.140 e. The summed E-state index contributed by atoms with van der Waals surface area (Å²) in [6.45, 7) is 1.83. The van der Waals surface area contributed by atoms with E-state index in [1.807, 2.05) is 10.0 Å². The van der Waals surface area contributed by atoms with Crippen molar-refractivity contribution in [3.05, 3.63) is 27.6 Å². The Balaban J connectivity index is 2.51. The molecule has 4 heteroatoms. The van der Waals surface area contributed by atoms with Crippen molar-refractivity contribution in [1.29, 1.82) is 0 Å². The molecule has 14 heavy (non-hydrogen) atoms. The predicted octanol–water partition coefficient (Wildman–Crippen LogP) is 4.02. The molecule has 2 heterocycles. The third-order valence-electron chi connectivity index (χ3n) is 1.93. The van der Waals surface area contributed by atoms with Gasteiger partial charge >= 0.3 is 0 Å². The summed E-state index contributed by atoms with van der Waals surface area (Å²) in [5, 5.41) is 2.06. The van der Waals surface area contributed by atoms with E-state index in [-0.39, 0.29) is 5.50 Å². The molecule has 2 rings (SSSR count). The smallest absolute Gasteiger partial charge is 0.140 e. The Morgan fingerprint density at radius 3 is 3.14 bits per heavy atom. The molecule has 1 atom stereocenters. The Labute approximate surface area is 106 Å². The van der Waals surface area contributed by atoms with Gasteiger partial charge in [-0.15, -0.1) is 11.3 Å². The molecule has 0 aliphatic carbocycles. The molecular weight excluding hydrogens is 329 g/mol. The lowest BCUT2D eigenvalue weighted by Gasteiger charge is -2.26. The van der Waals surface area contributed by atoms with Gasteiger partial charge in [0, 0.05) is 10.4 Å². The minimum absolute atomic E-state index is 0.0994. The Morgan fingerprint density at radius 2 is 2.43 bits per heavy atom. The minimum atomic E-state index is -0.0994. The van der Waals surface area contributed by atoms with E-state index in [4.69, 9.17) is 11.6 Å². The van der Waals surface area contributed by atoms with E-state index >= 15 is 0 Å². The topological polar surface area (TPSA) is 3.24 Å². The van der Waals surface area contributed by atoms with Gasteiger partial charge in [-0.1, -0.05) is 17.5 Å². The fraction of sp³-hybridized carbons (Fsp3) is 0.200. The van der Waals surface area contributed by atoms with Crippen molar-refractivity contribution < 1.29 is 0 Å². The van der Waals surface area contributed by atoms with Gasteiger partial charge in [0.1, 0.15) is 5.50 Å². The third kappa shape index (κ3) is 1.67. The highest BCUT2D eigenvalue weighted by Crippen LogP contribution is 2.41. The molecule has 0 bridgehead atoms. The molecular formula is C10H7ClINS. The standard InChI is InChI=1S/C10H7ClINS/c1-2-3-7-6-9-8(4-5-14-9)10(11)13(7)12/h4-6,10H,1H3. The molecule has 0 fully saturated rings. The summed E-state index contributed by atoms with van der Waals surface area (Å²) in [7, 11) is 0. The lowest BCUT2D eigenvalue weighted by molar-refractivity contribution is 0.607. The van der Waals surface area contributed by atoms with Crippen LogP contribution in [-0.4, -0.2) is 3.11 Å². The second-order valence-electron chi connectivity index (χ2n) is 2.79. The van der Waals surface area contributed by atoms with Crippen LogP contribution in [0.4, 0.5) is 0 Å². The highest BCUT2D eigenvalue weighted by molar-refractivity contribution is 14.1. The number of hydrogen-bond donors (Lipinski definition) is 0. The van der Waals surface area contributed by atoms with Gasteiger partial charge in [-0.2, -0.15) is 0 Å². The summed E-state index contributed by atoms with van der Waals surface area (Å²) in [5.41, 5.74) is 2.05. The van der Waals surface area contributed by atoms with Crippen LogP contribution in [0.2, 0.25) is 0 Å². The van der Waals surface area contributed by atoms with Crippen LogP contribution in [0.15, 0.2) is 17.1 Å². The summed E-state index contributed by atoms with van der Waals surface area (Å²) < 4.78 is 1.96. The van der Waals surface area contributed by atoms with Crippen molar-refractivity contribution in [2.24, 2.45) is 0 Å². The largest absolute Gasteiger partial charge is 0.285 e. The first-order chi connectivity index (χ1) is 6.74. The number of fused-ring (bicyclic) bond motifs is 1. The van der Waals surface area contributed by atoms with Crippen molar-refractivity contribution in [3.8, 4) is 11.8 Å². The van der Waals surface area contributed by atoms with Crippen molar-refractivity contribution in [2.75, 3.05) is 0 Å². The molecule has 0 N–H and O–H groups in total. The number of hydrogen-bond acceptors (Lipinski definition) is 2. The number of nitrogens with zero attached hydrogens (tertiary/aromatic N) is 1. The summed E-state index contributed by atoms with van der Waals surface area (Å²) in [4.78, 5) is 1.22. The highest BCUT2D eigenvalue weighted by Gasteiger charge is 2.25. The van der Waals surface area contributed by atoms with Gasteiger partial charge in [0.2, 0.25) is 0 Å². The van der Waals surface area contributed by atoms with Gasteiger partial charge in [0.05, 0.1) is 28.6 Å². The Hall–Kier alpha value is -0.180. The molecule has 1 aromatic rings. The second-order valence-corrected chi connectivity index (χ2v) is 5.19. The maximum absolute atomic E-state index is 6.29. The zero-order valence-corrected chi connectivity index (χ0v) is 11.2. The van der Waals surface area contributed by atoms with Crippen molar-refractivity contribution >= 4 is 51.9 Å². The molecule has 0 radical (unpaired) electrons. The molecule has 1 aliphatic heterocycles. The van der Waals surface area contributed by atoms with Crippen LogP contribution in [0.5, 0.6) is 0 Å². The summed E-state index contributed by atoms with van der Waals surface area (Å²) in [6, 6.07) is 2.07. The first-order valence-corrected chi connectivity index (χ1v) is 6.33. The second kappa shape index (κ2) is 4.13. The number of alkyl halides is 1. The van der Waals surface area contributed by atoms with Gasteiger partial charge in [-0.25, -0.2) is 0 Å². The van der Waals surface area contributed by atoms with E-state index in [9.17, 15) is 0 Å². The lowest BCUT2D eigenvalue weighted by atomic mass is 10.1. The molecule has 1 nitrogen and oxygen atoms in total. The molecule has 0 saturated heterocycles. The first-order valence-electron chi connectivity index (χ1n) is 4.05.